The summed E-state index contributed by atoms with van der Waals surface area (Å²) in [6.45, 7) is 0. The van der Waals surface area contributed by atoms with Crippen LogP contribution in [0, 0.1) is 0 Å². The summed E-state index contributed by atoms with van der Waals surface area (Å²) in [6.07, 6.45) is 16.4. The first kappa shape index (κ1) is 20.3. The van der Waals surface area contributed by atoms with Gasteiger partial charge < -0.3 is 4.74 Å². The van der Waals surface area contributed by atoms with E-state index in [-0.39, 0.29) is 0 Å². The zero-order chi connectivity index (χ0) is 22.0. The van der Waals surface area contributed by atoms with Crippen LogP contribution in [0.5, 0.6) is 5.75 Å². The SMILES string of the molecule is c1cc(OC2CCCCC2)cc(-c2cnc3c(-c4nnn[nH]4)cnn3c2C2CCCCC2)c1. The van der Waals surface area contributed by atoms with Crippen molar-refractivity contribution in [1.82, 2.24) is 35.2 Å². The molecule has 170 valence electrons. The second-order valence-corrected chi connectivity index (χ2v) is 9.34. The number of nitrogens with zero attached hydrogens (tertiary/aromatic N) is 6. The van der Waals surface area contributed by atoms with E-state index in [1.165, 1.54) is 57.1 Å². The Hall–Kier alpha value is -3.29. The molecule has 2 fully saturated rings. The highest BCUT2D eigenvalue weighted by Gasteiger charge is 2.25. The van der Waals surface area contributed by atoms with E-state index in [1.54, 1.807) is 0 Å². The highest BCUT2D eigenvalue weighted by molar-refractivity contribution is 5.75. The Morgan fingerprint density at radius 1 is 0.909 bits per heavy atom. The largest absolute Gasteiger partial charge is 0.490 e. The number of hydrogen-bond donors (Lipinski definition) is 1. The number of H-pyrrole nitrogens is 1. The van der Waals surface area contributed by atoms with Crippen LogP contribution >= 0.6 is 0 Å². The van der Waals surface area contributed by atoms with E-state index in [1.807, 2.05) is 16.9 Å². The van der Waals surface area contributed by atoms with Crippen LogP contribution < -0.4 is 4.74 Å². The number of rotatable bonds is 5. The topological polar surface area (TPSA) is 93.9 Å². The molecule has 0 aliphatic heterocycles. The number of aromatic nitrogens is 7. The monoisotopic (exact) mass is 443 g/mol. The summed E-state index contributed by atoms with van der Waals surface area (Å²) in [5.74, 6) is 1.98. The quantitative estimate of drug-likeness (QED) is 0.448. The summed E-state index contributed by atoms with van der Waals surface area (Å²) in [4.78, 5) is 4.82. The lowest BCUT2D eigenvalue weighted by Crippen LogP contribution is -2.19. The van der Waals surface area contributed by atoms with Crippen molar-refractivity contribution in [3.63, 3.8) is 0 Å². The molecule has 2 aliphatic carbocycles. The Morgan fingerprint density at radius 3 is 2.52 bits per heavy atom. The molecule has 3 heterocycles. The molecular formula is C25H29N7O. The smallest absolute Gasteiger partial charge is 0.184 e. The normalized spacial score (nSPS) is 18.1. The highest BCUT2D eigenvalue weighted by atomic mass is 16.5. The van der Waals surface area contributed by atoms with Crippen LogP contribution in [0.15, 0.2) is 36.7 Å². The maximum atomic E-state index is 6.37. The molecule has 0 spiro atoms. The summed E-state index contributed by atoms with van der Waals surface area (Å²) in [5.41, 5.74) is 5.10. The maximum Gasteiger partial charge on any atom is 0.184 e. The molecule has 8 nitrogen and oxygen atoms in total. The van der Waals surface area contributed by atoms with Gasteiger partial charge in [0.15, 0.2) is 11.5 Å². The number of fused-ring (bicyclic) bond motifs is 1. The second kappa shape index (κ2) is 8.92. The molecule has 0 amide bonds. The Bertz CT molecular complexity index is 1220. The molecule has 3 aromatic heterocycles. The third-order valence-electron chi connectivity index (χ3n) is 7.16. The van der Waals surface area contributed by atoms with E-state index in [9.17, 15) is 0 Å². The van der Waals surface area contributed by atoms with Crippen molar-refractivity contribution in [2.45, 2.75) is 76.2 Å². The van der Waals surface area contributed by atoms with Crippen molar-refractivity contribution in [1.29, 1.82) is 0 Å². The van der Waals surface area contributed by atoms with E-state index >= 15 is 0 Å². The van der Waals surface area contributed by atoms with Gasteiger partial charge in [-0.05, 0) is 66.6 Å². The predicted molar refractivity (Wildman–Crippen MR) is 125 cm³/mol. The third-order valence-corrected chi connectivity index (χ3v) is 7.16. The Morgan fingerprint density at radius 2 is 1.73 bits per heavy atom. The van der Waals surface area contributed by atoms with Crippen molar-refractivity contribution in [3.8, 4) is 28.3 Å². The van der Waals surface area contributed by atoms with Crippen molar-refractivity contribution in [2.24, 2.45) is 0 Å². The van der Waals surface area contributed by atoms with Crippen LogP contribution in [0.2, 0.25) is 0 Å². The van der Waals surface area contributed by atoms with Gasteiger partial charge in [0.05, 0.1) is 23.6 Å². The molecule has 6 rings (SSSR count). The fourth-order valence-electron chi connectivity index (χ4n) is 5.49. The van der Waals surface area contributed by atoms with E-state index in [2.05, 4.69) is 44.9 Å². The minimum absolute atomic E-state index is 0.330. The lowest BCUT2D eigenvalue weighted by Gasteiger charge is -2.25. The molecule has 0 atom stereocenters. The van der Waals surface area contributed by atoms with Crippen LogP contribution in [0.25, 0.3) is 28.2 Å². The van der Waals surface area contributed by atoms with Crippen molar-refractivity contribution < 1.29 is 4.74 Å². The Labute approximate surface area is 192 Å². The van der Waals surface area contributed by atoms with E-state index in [0.29, 0.717) is 17.8 Å². The molecule has 0 radical (unpaired) electrons. The molecule has 4 aromatic rings. The molecule has 33 heavy (non-hydrogen) atoms. The molecule has 0 unspecified atom stereocenters. The first-order valence-electron chi connectivity index (χ1n) is 12.2. The number of nitrogens with one attached hydrogen (secondary N) is 1. The summed E-state index contributed by atoms with van der Waals surface area (Å²) >= 11 is 0. The number of benzene rings is 1. The molecule has 0 bridgehead atoms. The van der Waals surface area contributed by atoms with Crippen molar-refractivity contribution in [2.75, 3.05) is 0 Å². The molecule has 0 saturated heterocycles. The van der Waals surface area contributed by atoms with Gasteiger partial charge >= 0.3 is 0 Å². The molecule has 2 saturated carbocycles. The zero-order valence-corrected chi connectivity index (χ0v) is 18.8. The van der Waals surface area contributed by atoms with Gasteiger partial charge in [-0.3, -0.25) is 0 Å². The van der Waals surface area contributed by atoms with Gasteiger partial charge in [-0.2, -0.15) is 5.10 Å². The van der Waals surface area contributed by atoms with Crippen LogP contribution in [0.3, 0.4) is 0 Å². The molecule has 1 N–H and O–H groups in total. The Kier molecular flexibility index (Phi) is 5.49. The van der Waals surface area contributed by atoms with Crippen LogP contribution in [-0.2, 0) is 0 Å². The summed E-state index contributed by atoms with van der Waals surface area (Å²) < 4.78 is 8.39. The molecule has 8 heteroatoms. The maximum absolute atomic E-state index is 6.37. The summed E-state index contributed by atoms with van der Waals surface area (Å²) in [5, 5.41) is 19.1. The number of tetrazole rings is 1. The van der Waals surface area contributed by atoms with E-state index in [0.717, 1.165) is 40.9 Å². The summed E-state index contributed by atoms with van der Waals surface area (Å²) in [6, 6.07) is 8.51. The minimum Gasteiger partial charge on any atom is -0.490 e. The fourth-order valence-corrected chi connectivity index (χ4v) is 5.49. The van der Waals surface area contributed by atoms with Gasteiger partial charge in [0.1, 0.15) is 5.75 Å². The average Bonchev–Trinajstić information content (AvgIpc) is 3.55. The van der Waals surface area contributed by atoms with E-state index in [4.69, 9.17) is 14.8 Å². The highest BCUT2D eigenvalue weighted by Crippen LogP contribution is 2.39. The van der Waals surface area contributed by atoms with E-state index < -0.39 is 0 Å². The fraction of sp³-hybridized carbons (Fsp3) is 0.480. The van der Waals surface area contributed by atoms with Gasteiger partial charge in [0.25, 0.3) is 0 Å². The molecule has 2 aliphatic rings. The summed E-state index contributed by atoms with van der Waals surface area (Å²) in [7, 11) is 0. The number of ether oxygens (including phenoxy) is 1. The third kappa shape index (κ3) is 3.98. The van der Waals surface area contributed by atoms with Crippen molar-refractivity contribution >= 4 is 5.65 Å². The Balaban J connectivity index is 1.43. The van der Waals surface area contributed by atoms with Crippen LogP contribution in [0.1, 0.15) is 75.8 Å². The molecular weight excluding hydrogens is 414 g/mol. The van der Waals surface area contributed by atoms with Crippen molar-refractivity contribution in [3.05, 3.63) is 42.4 Å². The zero-order valence-electron chi connectivity index (χ0n) is 18.8. The second-order valence-electron chi connectivity index (χ2n) is 9.34. The number of aromatic amines is 1. The first-order valence-corrected chi connectivity index (χ1v) is 12.2. The van der Waals surface area contributed by atoms with Gasteiger partial charge in [-0.15, -0.1) is 5.10 Å². The van der Waals surface area contributed by atoms with Gasteiger partial charge in [0, 0.05) is 17.7 Å². The predicted octanol–water partition coefficient (Wildman–Crippen LogP) is 5.34. The van der Waals surface area contributed by atoms with Gasteiger partial charge in [-0.1, -0.05) is 37.8 Å². The first-order chi connectivity index (χ1) is 16.4. The van der Waals surface area contributed by atoms with Gasteiger partial charge in [-0.25, -0.2) is 14.6 Å². The lowest BCUT2D eigenvalue weighted by molar-refractivity contribution is 0.155. The molecule has 1 aromatic carbocycles. The lowest BCUT2D eigenvalue weighted by atomic mass is 9.84. The average molecular weight is 444 g/mol. The standard InChI is InChI=1S/C25H29N7O/c1-3-8-17(9-4-1)23-21(15-26-25-22(16-27-32(23)25)24-28-30-31-29-24)18-10-7-13-20(14-18)33-19-11-5-2-6-12-19/h7,10,13-17,19H,1-6,8-9,11-12H2,(H,28,29,30,31). The van der Waals surface area contributed by atoms with Crippen LogP contribution in [0.4, 0.5) is 0 Å². The van der Waals surface area contributed by atoms with Crippen LogP contribution in [-0.4, -0.2) is 41.3 Å². The van der Waals surface area contributed by atoms with Gasteiger partial charge in [0.2, 0.25) is 0 Å². The number of hydrogen-bond acceptors (Lipinski definition) is 6. The minimum atomic E-state index is 0.330.